The molecular formula is C16H27N. The Morgan fingerprint density at radius 1 is 1.18 bits per heavy atom. The molecule has 0 saturated heterocycles. The highest BCUT2D eigenvalue weighted by molar-refractivity contribution is 5.29. The number of benzene rings is 1. The summed E-state index contributed by atoms with van der Waals surface area (Å²) in [6.45, 7) is 11.4. The van der Waals surface area contributed by atoms with Gasteiger partial charge in [0.15, 0.2) is 0 Å². The molecule has 1 rings (SSSR count). The van der Waals surface area contributed by atoms with Crippen LogP contribution >= 0.6 is 0 Å². The maximum absolute atomic E-state index is 6.37. The van der Waals surface area contributed by atoms with Crippen LogP contribution in [-0.2, 0) is 6.42 Å². The molecule has 0 amide bonds. The summed E-state index contributed by atoms with van der Waals surface area (Å²) in [7, 11) is 0. The molecule has 1 heteroatoms. The first-order valence-electron chi connectivity index (χ1n) is 6.69. The molecular weight excluding hydrogens is 206 g/mol. The van der Waals surface area contributed by atoms with Gasteiger partial charge in [-0.05, 0) is 35.3 Å². The number of hydrogen-bond donors (Lipinski definition) is 1. The van der Waals surface area contributed by atoms with Gasteiger partial charge in [-0.2, -0.15) is 0 Å². The van der Waals surface area contributed by atoms with Gasteiger partial charge in [0.05, 0.1) is 0 Å². The van der Waals surface area contributed by atoms with E-state index in [-0.39, 0.29) is 6.04 Å². The summed E-state index contributed by atoms with van der Waals surface area (Å²) in [6.07, 6.45) is 2.12. The van der Waals surface area contributed by atoms with Gasteiger partial charge in [-0.1, -0.05) is 58.9 Å². The molecule has 96 valence electrons. The molecule has 0 heterocycles. The molecule has 1 aromatic carbocycles. The van der Waals surface area contributed by atoms with Crippen molar-refractivity contribution < 1.29 is 0 Å². The summed E-state index contributed by atoms with van der Waals surface area (Å²) in [6, 6.07) is 8.73. The van der Waals surface area contributed by atoms with Crippen LogP contribution in [0.1, 0.15) is 58.2 Å². The molecule has 0 aliphatic carbocycles. The van der Waals surface area contributed by atoms with Gasteiger partial charge in [0.25, 0.3) is 0 Å². The van der Waals surface area contributed by atoms with Gasteiger partial charge >= 0.3 is 0 Å². The SMILES string of the molecule is CCc1ccccc1C(N)CC(C)C(C)(C)C. The summed E-state index contributed by atoms with van der Waals surface area (Å²) in [5, 5.41) is 0. The molecule has 17 heavy (non-hydrogen) atoms. The quantitative estimate of drug-likeness (QED) is 0.823. The lowest BCUT2D eigenvalue weighted by atomic mass is 9.77. The van der Waals surface area contributed by atoms with Crippen molar-refractivity contribution >= 4 is 0 Å². The summed E-state index contributed by atoms with van der Waals surface area (Å²) >= 11 is 0. The summed E-state index contributed by atoms with van der Waals surface area (Å²) < 4.78 is 0. The molecule has 0 radical (unpaired) electrons. The van der Waals surface area contributed by atoms with E-state index in [1.54, 1.807) is 0 Å². The minimum absolute atomic E-state index is 0.167. The van der Waals surface area contributed by atoms with Gasteiger partial charge in [0.1, 0.15) is 0 Å². The lowest BCUT2D eigenvalue weighted by Gasteiger charge is -2.30. The maximum atomic E-state index is 6.37. The molecule has 1 aromatic rings. The van der Waals surface area contributed by atoms with Crippen molar-refractivity contribution in [2.45, 2.75) is 53.5 Å². The Kier molecular flexibility index (Phi) is 4.76. The Hall–Kier alpha value is -0.820. The smallest absolute Gasteiger partial charge is 0.0300 e. The molecule has 0 aromatic heterocycles. The van der Waals surface area contributed by atoms with E-state index in [2.05, 4.69) is 58.9 Å². The van der Waals surface area contributed by atoms with Crippen molar-refractivity contribution in [1.82, 2.24) is 0 Å². The molecule has 0 spiro atoms. The third-order valence-corrected chi connectivity index (χ3v) is 3.92. The number of rotatable bonds is 4. The Balaban J connectivity index is 2.79. The van der Waals surface area contributed by atoms with Crippen LogP contribution in [0.2, 0.25) is 0 Å². The van der Waals surface area contributed by atoms with Crippen LogP contribution in [0, 0.1) is 11.3 Å². The Labute approximate surface area is 106 Å². The van der Waals surface area contributed by atoms with E-state index in [0.717, 1.165) is 12.8 Å². The van der Waals surface area contributed by atoms with Crippen molar-refractivity contribution in [3.8, 4) is 0 Å². The molecule has 1 nitrogen and oxygen atoms in total. The van der Waals surface area contributed by atoms with Crippen LogP contribution < -0.4 is 5.73 Å². The minimum atomic E-state index is 0.167. The normalized spacial score (nSPS) is 15.6. The highest BCUT2D eigenvalue weighted by Crippen LogP contribution is 2.33. The standard InChI is InChI=1S/C16H27N/c1-6-13-9-7-8-10-14(13)15(17)11-12(2)16(3,4)5/h7-10,12,15H,6,11,17H2,1-5H3. The van der Waals surface area contributed by atoms with Gasteiger partial charge in [-0.3, -0.25) is 0 Å². The fourth-order valence-corrected chi connectivity index (χ4v) is 2.08. The van der Waals surface area contributed by atoms with Crippen LogP contribution in [0.4, 0.5) is 0 Å². The topological polar surface area (TPSA) is 26.0 Å². The van der Waals surface area contributed by atoms with Crippen LogP contribution in [0.15, 0.2) is 24.3 Å². The second-order valence-corrected chi connectivity index (χ2v) is 6.16. The highest BCUT2D eigenvalue weighted by Gasteiger charge is 2.23. The van der Waals surface area contributed by atoms with Crippen molar-refractivity contribution in [3.63, 3.8) is 0 Å². The molecule has 0 bridgehead atoms. The molecule has 0 saturated carbocycles. The average Bonchev–Trinajstić information content (AvgIpc) is 2.27. The molecule has 0 aliphatic rings. The predicted octanol–water partition coefficient (Wildman–Crippen LogP) is 4.32. The first-order chi connectivity index (χ1) is 7.86. The first-order valence-corrected chi connectivity index (χ1v) is 6.69. The van der Waals surface area contributed by atoms with E-state index in [1.807, 2.05) is 0 Å². The molecule has 2 atom stereocenters. The van der Waals surface area contributed by atoms with Crippen molar-refractivity contribution in [1.29, 1.82) is 0 Å². The van der Waals surface area contributed by atoms with Crippen molar-refractivity contribution in [2.75, 3.05) is 0 Å². The second kappa shape index (κ2) is 5.68. The predicted molar refractivity (Wildman–Crippen MR) is 76.0 cm³/mol. The highest BCUT2D eigenvalue weighted by atomic mass is 14.6. The van der Waals surface area contributed by atoms with E-state index in [1.165, 1.54) is 11.1 Å². The Morgan fingerprint density at radius 3 is 2.29 bits per heavy atom. The van der Waals surface area contributed by atoms with E-state index < -0.39 is 0 Å². The average molecular weight is 233 g/mol. The number of hydrogen-bond acceptors (Lipinski definition) is 1. The van der Waals surface area contributed by atoms with E-state index in [4.69, 9.17) is 5.73 Å². The maximum Gasteiger partial charge on any atom is 0.0300 e. The fraction of sp³-hybridized carbons (Fsp3) is 0.625. The zero-order valence-electron chi connectivity index (χ0n) is 12.0. The number of aryl methyl sites for hydroxylation is 1. The summed E-state index contributed by atoms with van der Waals surface area (Å²) in [5.74, 6) is 0.627. The van der Waals surface area contributed by atoms with E-state index >= 15 is 0 Å². The molecule has 2 N–H and O–H groups in total. The minimum Gasteiger partial charge on any atom is -0.324 e. The van der Waals surface area contributed by atoms with Gasteiger partial charge in [-0.25, -0.2) is 0 Å². The molecule has 0 aliphatic heterocycles. The van der Waals surface area contributed by atoms with E-state index in [9.17, 15) is 0 Å². The molecule has 0 fully saturated rings. The van der Waals surface area contributed by atoms with Crippen molar-refractivity contribution in [3.05, 3.63) is 35.4 Å². The van der Waals surface area contributed by atoms with Crippen LogP contribution in [0.5, 0.6) is 0 Å². The number of nitrogens with two attached hydrogens (primary N) is 1. The van der Waals surface area contributed by atoms with Gasteiger partial charge < -0.3 is 5.73 Å². The second-order valence-electron chi connectivity index (χ2n) is 6.16. The Bertz CT molecular complexity index is 349. The van der Waals surface area contributed by atoms with Crippen molar-refractivity contribution in [2.24, 2.45) is 17.1 Å². The third-order valence-electron chi connectivity index (χ3n) is 3.92. The lowest BCUT2D eigenvalue weighted by molar-refractivity contribution is 0.233. The summed E-state index contributed by atoms with van der Waals surface area (Å²) in [5.41, 5.74) is 9.42. The van der Waals surface area contributed by atoms with Gasteiger partial charge in [-0.15, -0.1) is 0 Å². The van der Waals surface area contributed by atoms with Crippen LogP contribution in [-0.4, -0.2) is 0 Å². The zero-order valence-corrected chi connectivity index (χ0v) is 12.0. The monoisotopic (exact) mass is 233 g/mol. The summed E-state index contributed by atoms with van der Waals surface area (Å²) in [4.78, 5) is 0. The van der Waals surface area contributed by atoms with E-state index in [0.29, 0.717) is 11.3 Å². The van der Waals surface area contributed by atoms with Crippen LogP contribution in [0.25, 0.3) is 0 Å². The first kappa shape index (κ1) is 14.2. The fourth-order valence-electron chi connectivity index (χ4n) is 2.08. The largest absolute Gasteiger partial charge is 0.324 e. The lowest BCUT2D eigenvalue weighted by Crippen LogP contribution is -2.23. The Morgan fingerprint density at radius 2 is 1.76 bits per heavy atom. The van der Waals surface area contributed by atoms with Crippen LogP contribution in [0.3, 0.4) is 0 Å². The molecule has 2 unspecified atom stereocenters. The zero-order chi connectivity index (χ0) is 13.1. The third kappa shape index (κ3) is 3.85. The van der Waals surface area contributed by atoms with Gasteiger partial charge in [0.2, 0.25) is 0 Å². The van der Waals surface area contributed by atoms with Gasteiger partial charge in [0, 0.05) is 6.04 Å².